The first-order valence-corrected chi connectivity index (χ1v) is 10.3. The van der Waals surface area contributed by atoms with Crippen LogP contribution in [-0.2, 0) is 20.9 Å². The number of nitrogens with one attached hydrogen (secondary N) is 1. The van der Waals surface area contributed by atoms with Crippen molar-refractivity contribution >= 4 is 17.6 Å². The van der Waals surface area contributed by atoms with Gasteiger partial charge in [-0.3, -0.25) is 4.79 Å². The monoisotopic (exact) mass is 451 g/mol. The largest absolute Gasteiger partial charge is 0.452 e. The van der Waals surface area contributed by atoms with Crippen molar-refractivity contribution in [1.29, 1.82) is 0 Å². The summed E-state index contributed by atoms with van der Waals surface area (Å²) in [6.07, 6.45) is -4.39. The average molecular weight is 451 g/mol. The maximum Gasteiger partial charge on any atom is 0.411 e. The van der Waals surface area contributed by atoms with Crippen LogP contribution in [0.15, 0.2) is 42.5 Å². The van der Waals surface area contributed by atoms with E-state index in [0.717, 1.165) is 16.8 Å². The zero-order valence-electron chi connectivity index (χ0n) is 18.6. The number of esters is 1. The van der Waals surface area contributed by atoms with Gasteiger partial charge in [0.25, 0.3) is 5.91 Å². The second kappa shape index (κ2) is 11.1. The molecule has 0 unspecified atom stereocenters. The Morgan fingerprint density at radius 2 is 1.50 bits per heavy atom. The Morgan fingerprint density at radius 3 is 2.00 bits per heavy atom. The Bertz CT molecular complexity index is 896. The van der Waals surface area contributed by atoms with Crippen molar-refractivity contribution in [1.82, 2.24) is 0 Å². The van der Waals surface area contributed by atoms with Crippen LogP contribution in [0.25, 0.3) is 0 Å². The molecule has 174 valence electrons. The van der Waals surface area contributed by atoms with Crippen molar-refractivity contribution in [2.75, 3.05) is 18.5 Å². The zero-order valence-corrected chi connectivity index (χ0v) is 18.6. The van der Waals surface area contributed by atoms with Gasteiger partial charge in [0, 0.05) is 5.69 Å². The number of halogens is 3. The van der Waals surface area contributed by atoms with Crippen molar-refractivity contribution in [3.8, 4) is 0 Å². The van der Waals surface area contributed by atoms with Crippen molar-refractivity contribution in [2.45, 2.75) is 52.3 Å². The van der Waals surface area contributed by atoms with Gasteiger partial charge in [-0.05, 0) is 40.7 Å². The molecule has 0 fully saturated rings. The van der Waals surface area contributed by atoms with Crippen LogP contribution in [0.2, 0.25) is 0 Å². The van der Waals surface area contributed by atoms with Gasteiger partial charge in [-0.25, -0.2) is 4.79 Å². The highest BCUT2D eigenvalue weighted by Crippen LogP contribution is 2.32. The van der Waals surface area contributed by atoms with Crippen molar-refractivity contribution in [2.24, 2.45) is 0 Å². The van der Waals surface area contributed by atoms with Crippen LogP contribution in [0.5, 0.6) is 0 Å². The van der Waals surface area contributed by atoms with Gasteiger partial charge >= 0.3 is 12.1 Å². The van der Waals surface area contributed by atoms with Gasteiger partial charge in [-0.1, -0.05) is 58.0 Å². The van der Waals surface area contributed by atoms with Crippen LogP contribution in [0.4, 0.5) is 18.9 Å². The molecule has 8 heteroatoms. The Balaban J connectivity index is 1.94. The summed E-state index contributed by atoms with van der Waals surface area (Å²) in [5.74, 6) is -0.759. The topological polar surface area (TPSA) is 64.6 Å². The molecule has 0 aliphatic carbocycles. The van der Waals surface area contributed by atoms with E-state index in [9.17, 15) is 22.8 Å². The summed E-state index contributed by atoms with van der Waals surface area (Å²) in [6.45, 7) is 6.11. The number of alkyl halides is 3. The maximum atomic E-state index is 12.5. The van der Waals surface area contributed by atoms with Gasteiger partial charge in [0.05, 0.1) is 12.2 Å². The van der Waals surface area contributed by atoms with E-state index in [1.54, 1.807) is 0 Å². The summed E-state index contributed by atoms with van der Waals surface area (Å²) < 4.78 is 46.0. The number of hydrogen-bond acceptors (Lipinski definition) is 4. The Morgan fingerprint density at radius 1 is 0.938 bits per heavy atom. The third-order valence-corrected chi connectivity index (χ3v) is 4.70. The molecule has 0 aliphatic heterocycles. The summed E-state index contributed by atoms with van der Waals surface area (Å²) in [4.78, 5) is 24.7. The lowest BCUT2D eigenvalue weighted by atomic mass is 9.92. The van der Waals surface area contributed by atoms with Crippen LogP contribution in [-0.4, -0.2) is 31.3 Å². The second-order valence-corrected chi connectivity index (χ2v) is 8.05. The van der Waals surface area contributed by atoms with E-state index in [1.165, 1.54) is 24.3 Å². The normalized spacial score (nSPS) is 11.7. The number of carbonyl (C=O) groups is 2. The number of ether oxygens (including phenoxy) is 2. The minimum Gasteiger partial charge on any atom is -0.452 e. The first-order valence-electron chi connectivity index (χ1n) is 10.3. The lowest BCUT2D eigenvalue weighted by Gasteiger charge is -2.20. The number of amides is 1. The summed E-state index contributed by atoms with van der Waals surface area (Å²) in [7, 11) is 0. The smallest absolute Gasteiger partial charge is 0.411 e. The quantitative estimate of drug-likeness (QED) is 0.489. The summed E-state index contributed by atoms with van der Waals surface area (Å²) in [5.41, 5.74) is 3.40. The molecular formula is C24H28F3NO4. The van der Waals surface area contributed by atoms with E-state index in [1.807, 2.05) is 45.9 Å². The number of benzene rings is 2. The van der Waals surface area contributed by atoms with Gasteiger partial charge in [0.15, 0.2) is 6.61 Å². The molecular weight excluding hydrogens is 423 g/mol. The van der Waals surface area contributed by atoms with Crippen LogP contribution in [0.1, 0.15) is 66.6 Å². The fraction of sp³-hybridized carbons (Fsp3) is 0.417. The van der Waals surface area contributed by atoms with Crippen molar-refractivity contribution < 1.29 is 32.2 Å². The zero-order chi connectivity index (χ0) is 23.9. The van der Waals surface area contributed by atoms with Crippen molar-refractivity contribution in [3.05, 3.63) is 64.7 Å². The van der Waals surface area contributed by atoms with E-state index in [2.05, 4.69) is 10.1 Å². The number of anilines is 1. The summed E-state index contributed by atoms with van der Waals surface area (Å²) in [6, 6.07) is 11.6. The van der Waals surface area contributed by atoms with E-state index in [4.69, 9.17) is 4.74 Å². The molecule has 1 amide bonds. The highest BCUT2D eigenvalue weighted by Gasteiger charge is 2.27. The summed E-state index contributed by atoms with van der Waals surface area (Å²) in [5, 5.41) is 2.87. The third-order valence-electron chi connectivity index (χ3n) is 4.70. The molecule has 0 spiro atoms. The molecule has 0 saturated carbocycles. The fourth-order valence-corrected chi connectivity index (χ4v) is 3.11. The molecule has 5 nitrogen and oxygen atoms in total. The Hall–Kier alpha value is -2.87. The third kappa shape index (κ3) is 7.67. The molecule has 2 rings (SSSR count). The minimum absolute atomic E-state index is 0.183. The molecule has 32 heavy (non-hydrogen) atoms. The van der Waals surface area contributed by atoms with E-state index in [0.29, 0.717) is 5.56 Å². The SMILES string of the molecule is CC(C)c1cccc(C(C)C)c1NC(=O)COC(=O)c1ccc(COCC(F)(F)F)cc1. The standard InChI is InChI=1S/C24H28F3NO4/c1-15(2)19-6-5-7-20(16(3)4)22(19)28-21(29)13-32-23(30)18-10-8-17(9-11-18)12-31-14-24(25,26)27/h5-11,15-16H,12-14H2,1-4H3,(H,28,29). The van der Waals surface area contributed by atoms with Gasteiger partial charge in [-0.2, -0.15) is 13.2 Å². The Labute approximate surface area is 185 Å². The average Bonchev–Trinajstić information content (AvgIpc) is 2.71. The van der Waals surface area contributed by atoms with Crippen LogP contribution in [0, 0.1) is 0 Å². The molecule has 2 aromatic carbocycles. The van der Waals surface area contributed by atoms with Gasteiger partial charge in [0.2, 0.25) is 0 Å². The number of rotatable bonds is 9. The first-order chi connectivity index (χ1) is 15.0. The van der Waals surface area contributed by atoms with E-state index in [-0.39, 0.29) is 24.0 Å². The first kappa shape index (κ1) is 25.4. The molecule has 0 heterocycles. The molecule has 0 bridgehead atoms. The van der Waals surface area contributed by atoms with E-state index >= 15 is 0 Å². The molecule has 2 aromatic rings. The number of carbonyl (C=O) groups excluding carboxylic acids is 2. The molecule has 0 atom stereocenters. The van der Waals surface area contributed by atoms with Crippen LogP contribution >= 0.6 is 0 Å². The van der Waals surface area contributed by atoms with Gasteiger partial charge < -0.3 is 14.8 Å². The van der Waals surface area contributed by atoms with Gasteiger partial charge in [0.1, 0.15) is 6.61 Å². The van der Waals surface area contributed by atoms with Crippen molar-refractivity contribution in [3.63, 3.8) is 0 Å². The second-order valence-electron chi connectivity index (χ2n) is 8.05. The van der Waals surface area contributed by atoms with E-state index < -0.39 is 31.3 Å². The predicted molar refractivity (Wildman–Crippen MR) is 116 cm³/mol. The molecule has 0 aliphatic rings. The molecule has 0 aromatic heterocycles. The lowest BCUT2D eigenvalue weighted by molar-refractivity contribution is -0.176. The van der Waals surface area contributed by atoms with Crippen LogP contribution in [0.3, 0.4) is 0 Å². The highest BCUT2D eigenvalue weighted by molar-refractivity contribution is 5.96. The molecule has 0 saturated heterocycles. The minimum atomic E-state index is -4.39. The fourth-order valence-electron chi connectivity index (χ4n) is 3.11. The summed E-state index contributed by atoms with van der Waals surface area (Å²) >= 11 is 0. The molecule has 1 N–H and O–H groups in total. The highest BCUT2D eigenvalue weighted by atomic mass is 19.4. The van der Waals surface area contributed by atoms with Gasteiger partial charge in [-0.15, -0.1) is 0 Å². The maximum absolute atomic E-state index is 12.5. The van der Waals surface area contributed by atoms with Crippen LogP contribution < -0.4 is 5.32 Å². The predicted octanol–water partition coefficient (Wildman–Crippen LogP) is 5.81. The lowest BCUT2D eigenvalue weighted by Crippen LogP contribution is -2.22. The number of hydrogen-bond donors (Lipinski definition) is 1. The molecule has 0 radical (unpaired) electrons. The Kier molecular flexibility index (Phi) is 8.83. The number of para-hydroxylation sites is 1.